The highest BCUT2D eigenvalue weighted by atomic mass is 16.5. The van der Waals surface area contributed by atoms with E-state index in [1.54, 1.807) is 23.1 Å². The van der Waals surface area contributed by atoms with Crippen molar-refractivity contribution < 1.29 is 14.3 Å². The quantitative estimate of drug-likeness (QED) is 0.670. The van der Waals surface area contributed by atoms with E-state index in [0.717, 1.165) is 64.3 Å². The monoisotopic (exact) mass is 464 g/mol. The van der Waals surface area contributed by atoms with Crippen LogP contribution in [-0.2, 0) is 0 Å². The molecule has 4 rings (SSSR count). The molecule has 2 atom stereocenters. The van der Waals surface area contributed by atoms with Gasteiger partial charge in [-0.25, -0.2) is 4.98 Å². The number of hydrogen-bond acceptors (Lipinski definition) is 5. The van der Waals surface area contributed by atoms with E-state index in [0.29, 0.717) is 29.4 Å². The van der Waals surface area contributed by atoms with Crippen molar-refractivity contribution in [3.63, 3.8) is 0 Å². The number of anilines is 1. The Morgan fingerprint density at radius 3 is 2.50 bits per heavy atom. The number of aromatic nitrogens is 1. The van der Waals surface area contributed by atoms with Gasteiger partial charge >= 0.3 is 0 Å². The summed E-state index contributed by atoms with van der Waals surface area (Å²) in [5.74, 6) is 0.828. The molecule has 2 heterocycles. The van der Waals surface area contributed by atoms with Gasteiger partial charge in [-0.15, -0.1) is 0 Å². The van der Waals surface area contributed by atoms with Gasteiger partial charge in [0.1, 0.15) is 23.4 Å². The highest BCUT2D eigenvalue weighted by Gasteiger charge is 2.36. The lowest BCUT2D eigenvalue weighted by Gasteiger charge is -2.40. The Hall–Kier alpha value is -3.09. The second kappa shape index (κ2) is 11.4. The molecule has 0 bridgehead atoms. The van der Waals surface area contributed by atoms with E-state index in [9.17, 15) is 9.59 Å². The lowest BCUT2D eigenvalue weighted by Crippen LogP contribution is -2.51. The number of ether oxygens (including phenoxy) is 1. The van der Waals surface area contributed by atoms with Gasteiger partial charge in [0.2, 0.25) is 0 Å². The number of benzene rings is 1. The van der Waals surface area contributed by atoms with E-state index in [2.05, 4.69) is 4.98 Å². The summed E-state index contributed by atoms with van der Waals surface area (Å²) in [6.45, 7) is 1.39. The summed E-state index contributed by atoms with van der Waals surface area (Å²) in [4.78, 5) is 34.9. The number of fused-ring (bicyclic) bond motifs is 2. The van der Waals surface area contributed by atoms with Gasteiger partial charge in [0.05, 0.1) is 11.6 Å². The summed E-state index contributed by atoms with van der Waals surface area (Å²) in [6, 6.07) is 12.6. The van der Waals surface area contributed by atoms with Crippen molar-refractivity contribution in [2.24, 2.45) is 0 Å². The average Bonchev–Trinajstić information content (AvgIpc) is 2.85. The fourth-order valence-corrected chi connectivity index (χ4v) is 5.08. The molecule has 2 aliphatic rings. The zero-order valence-electron chi connectivity index (χ0n) is 20.1. The van der Waals surface area contributed by atoms with Crippen molar-refractivity contribution in [3.8, 4) is 5.75 Å². The van der Waals surface area contributed by atoms with Crippen LogP contribution in [0.1, 0.15) is 78.6 Å². The van der Waals surface area contributed by atoms with Crippen LogP contribution in [0.3, 0.4) is 0 Å². The Morgan fingerprint density at radius 2 is 1.68 bits per heavy atom. The molecule has 182 valence electrons. The maximum atomic E-state index is 13.6. The minimum Gasteiger partial charge on any atom is -0.487 e. The zero-order chi connectivity index (χ0) is 23.9. The van der Waals surface area contributed by atoms with Crippen LogP contribution in [0.2, 0.25) is 0 Å². The van der Waals surface area contributed by atoms with E-state index in [1.165, 1.54) is 0 Å². The number of pyridine rings is 1. The van der Waals surface area contributed by atoms with Crippen molar-refractivity contribution in [1.29, 1.82) is 0 Å². The number of amides is 2. The maximum absolute atomic E-state index is 13.6. The molecule has 0 radical (unpaired) electrons. The number of carbonyl (C=O) groups is 2. The Kier molecular flexibility index (Phi) is 8.03. The molecule has 1 aromatic heterocycles. The normalized spacial score (nSPS) is 22.6. The minimum atomic E-state index is -0.178. The third-order valence-electron chi connectivity index (χ3n) is 6.95. The van der Waals surface area contributed by atoms with Crippen molar-refractivity contribution >= 4 is 17.6 Å². The fraction of sp³-hybridized carbons (Fsp3) is 0.519. The van der Waals surface area contributed by atoms with Gasteiger partial charge in [-0.1, -0.05) is 43.9 Å². The lowest BCUT2D eigenvalue weighted by molar-refractivity contribution is 0.0266. The molecule has 1 aliphatic carbocycles. The van der Waals surface area contributed by atoms with Crippen molar-refractivity contribution in [2.45, 2.75) is 69.9 Å². The number of nitrogens with zero attached hydrogens (tertiary/aromatic N) is 3. The van der Waals surface area contributed by atoms with E-state index in [1.807, 2.05) is 36.2 Å². The third kappa shape index (κ3) is 5.69. The van der Waals surface area contributed by atoms with Crippen molar-refractivity contribution in [1.82, 2.24) is 14.8 Å². The number of carbonyl (C=O) groups excluding carboxylic acids is 2. The van der Waals surface area contributed by atoms with Gasteiger partial charge in [-0.2, -0.15) is 0 Å². The van der Waals surface area contributed by atoms with Gasteiger partial charge in [-0.05, 0) is 56.4 Å². The Morgan fingerprint density at radius 1 is 0.941 bits per heavy atom. The number of nitrogens with two attached hydrogens (primary N) is 1. The summed E-state index contributed by atoms with van der Waals surface area (Å²) < 4.78 is 6.55. The first-order chi connectivity index (χ1) is 16.5. The van der Waals surface area contributed by atoms with Crippen LogP contribution in [0, 0.1) is 0 Å². The van der Waals surface area contributed by atoms with Crippen LogP contribution >= 0.6 is 0 Å². The summed E-state index contributed by atoms with van der Waals surface area (Å²) in [6.07, 6.45) is 8.71. The van der Waals surface area contributed by atoms with Gasteiger partial charge in [0.25, 0.3) is 11.8 Å². The maximum Gasteiger partial charge on any atom is 0.272 e. The highest BCUT2D eigenvalue weighted by molar-refractivity contribution is 5.96. The molecule has 1 fully saturated rings. The summed E-state index contributed by atoms with van der Waals surface area (Å²) >= 11 is 0. The van der Waals surface area contributed by atoms with Crippen LogP contribution in [0.5, 0.6) is 5.75 Å². The van der Waals surface area contributed by atoms with Gasteiger partial charge < -0.3 is 20.3 Å². The first-order valence-electron chi connectivity index (χ1n) is 12.6. The standard InChI is InChI=1S/C27H36N4O3/c1-30-18-9-3-2-4-10-19-31(27(33)21-13-11-17-25(28)29-21)22-14-6-8-16-24(22)34-23-15-7-5-12-20(23)26(30)32/h5,7,11-13,15,17,22,24H,2-4,6,8-10,14,16,18-19H2,1H3,(H2,28,29)/t22-,24+/m1/s1. The molecule has 0 saturated heterocycles. The Labute approximate surface area is 202 Å². The molecule has 1 saturated carbocycles. The van der Waals surface area contributed by atoms with E-state index < -0.39 is 0 Å². The molecule has 2 N–H and O–H groups in total. The van der Waals surface area contributed by atoms with Crippen LogP contribution in [0.25, 0.3) is 0 Å². The van der Waals surface area contributed by atoms with E-state index in [4.69, 9.17) is 10.5 Å². The second-order valence-corrected chi connectivity index (χ2v) is 9.44. The van der Waals surface area contributed by atoms with Gasteiger partial charge in [-0.3, -0.25) is 9.59 Å². The average molecular weight is 465 g/mol. The smallest absolute Gasteiger partial charge is 0.272 e. The van der Waals surface area contributed by atoms with Crippen LogP contribution in [-0.4, -0.2) is 58.9 Å². The van der Waals surface area contributed by atoms with E-state index >= 15 is 0 Å². The van der Waals surface area contributed by atoms with Crippen LogP contribution in [0.15, 0.2) is 42.5 Å². The topological polar surface area (TPSA) is 88.8 Å². The van der Waals surface area contributed by atoms with Crippen molar-refractivity contribution in [3.05, 3.63) is 53.7 Å². The fourth-order valence-electron chi connectivity index (χ4n) is 5.08. The third-order valence-corrected chi connectivity index (χ3v) is 6.95. The van der Waals surface area contributed by atoms with Crippen LogP contribution < -0.4 is 10.5 Å². The second-order valence-electron chi connectivity index (χ2n) is 9.44. The predicted octanol–water partition coefficient (Wildman–Crippen LogP) is 4.53. The molecule has 0 spiro atoms. The summed E-state index contributed by atoms with van der Waals surface area (Å²) in [5.41, 5.74) is 6.84. The Bertz CT molecular complexity index is 995. The van der Waals surface area contributed by atoms with E-state index in [-0.39, 0.29) is 24.0 Å². The minimum absolute atomic E-state index is 0.0188. The number of hydrogen-bond donors (Lipinski definition) is 1. The summed E-state index contributed by atoms with van der Waals surface area (Å²) in [5, 5.41) is 0. The summed E-state index contributed by atoms with van der Waals surface area (Å²) in [7, 11) is 1.86. The predicted molar refractivity (Wildman–Crippen MR) is 133 cm³/mol. The lowest BCUT2D eigenvalue weighted by atomic mass is 9.90. The van der Waals surface area contributed by atoms with Crippen LogP contribution in [0.4, 0.5) is 5.82 Å². The van der Waals surface area contributed by atoms with Crippen molar-refractivity contribution in [2.75, 3.05) is 25.9 Å². The number of rotatable bonds is 1. The number of nitrogen functional groups attached to an aromatic ring is 1. The Balaban J connectivity index is 1.67. The van der Waals surface area contributed by atoms with Gasteiger partial charge in [0.15, 0.2) is 0 Å². The molecular weight excluding hydrogens is 428 g/mol. The molecule has 7 nitrogen and oxygen atoms in total. The molecule has 1 aliphatic heterocycles. The first kappa shape index (κ1) is 24.0. The molecular formula is C27H36N4O3. The largest absolute Gasteiger partial charge is 0.487 e. The zero-order valence-corrected chi connectivity index (χ0v) is 20.1. The number of para-hydroxylation sites is 1. The van der Waals surface area contributed by atoms with Gasteiger partial charge in [0, 0.05) is 20.1 Å². The molecule has 1 aromatic carbocycles. The molecule has 2 amide bonds. The SMILES string of the molecule is CN1CCCCCCCN(C(=O)c2cccc(N)n2)[C@@H]2CCCC[C@@H]2Oc2ccccc2C1=O. The molecule has 0 unspecified atom stereocenters. The molecule has 7 heteroatoms. The first-order valence-corrected chi connectivity index (χ1v) is 12.6. The molecule has 34 heavy (non-hydrogen) atoms. The molecule has 2 aromatic rings. The highest BCUT2D eigenvalue weighted by Crippen LogP contribution is 2.31.